The molecule has 0 aromatic carbocycles. The fourth-order valence-corrected chi connectivity index (χ4v) is 1.41. The fourth-order valence-electron chi connectivity index (χ4n) is 1.41. The number of hydrogen-bond acceptors (Lipinski definition) is 2. The van der Waals surface area contributed by atoms with Crippen molar-refractivity contribution in [1.82, 2.24) is 5.32 Å². The average Bonchev–Trinajstić information content (AvgIpc) is 2.04. The highest BCUT2D eigenvalue weighted by Crippen LogP contribution is 2.10. The number of methoxy groups -OCH3 is 1. The van der Waals surface area contributed by atoms with Crippen molar-refractivity contribution >= 4 is 0 Å². The standard InChI is InChI=1S/C10H21NO/c1-6-10(12-5)9(11-4)7-8(2)3/h9-11H,2,6-7H2,1,3-5H3. The Hall–Kier alpha value is -0.340. The summed E-state index contributed by atoms with van der Waals surface area (Å²) in [7, 11) is 3.73. The van der Waals surface area contributed by atoms with Gasteiger partial charge in [-0.05, 0) is 26.8 Å². The van der Waals surface area contributed by atoms with Gasteiger partial charge in [-0.15, -0.1) is 6.58 Å². The van der Waals surface area contributed by atoms with E-state index in [1.54, 1.807) is 7.11 Å². The Bertz CT molecular complexity index is 130. The summed E-state index contributed by atoms with van der Waals surface area (Å²) in [4.78, 5) is 0. The Balaban J connectivity index is 4.01. The Kier molecular flexibility index (Phi) is 6.03. The lowest BCUT2D eigenvalue weighted by molar-refractivity contribution is 0.0678. The molecule has 0 heterocycles. The number of rotatable bonds is 6. The number of hydrogen-bond donors (Lipinski definition) is 1. The van der Waals surface area contributed by atoms with E-state index in [2.05, 4.69) is 18.8 Å². The van der Waals surface area contributed by atoms with Gasteiger partial charge in [0.2, 0.25) is 0 Å². The van der Waals surface area contributed by atoms with Gasteiger partial charge in [-0.25, -0.2) is 0 Å². The molecule has 0 aromatic rings. The molecule has 0 aromatic heterocycles. The lowest BCUT2D eigenvalue weighted by Gasteiger charge is -2.24. The van der Waals surface area contributed by atoms with E-state index in [0.29, 0.717) is 12.1 Å². The molecule has 12 heavy (non-hydrogen) atoms. The molecule has 0 spiro atoms. The van der Waals surface area contributed by atoms with Crippen molar-refractivity contribution in [3.05, 3.63) is 12.2 Å². The first kappa shape index (κ1) is 11.7. The quantitative estimate of drug-likeness (QED) is 0.617. The molecular formula is C10H21NO. The monoisotopic (exact) mass is 171 g/mol. The topological polar surface area (TPSA) is 21.3 Å². The molecule has 72 valence electrons. The molecule has 2 nitrogen and oxygen atoms in total. The van der Waals surface area contributed by atoms with Crippen LogP contribution >= 0.6 is 0 Å². The molecule has 0 aliphatic rings. The van der Waals surface area contributed by atoms with Crippen molar-refractivity contribution in [2.24, 2.45) is 0 Å². The maximum absolute atomic E-state index is 5.35. The minimum absolute atomic E-state index is 0.298. The van der Waals surface area contributed by atoms with Gasteiger partial charge in [0.1, 0.15) is 0 Å². The van der Waals surface area contributed by atoms with Crippen LogP contribution in [0.5, 0.6) is 0 Å². The Labute approximate surface area is 76.0 Å². The van der Waals surface area contributed by atoms with Crippen LogP contribution in [0.1, 0.15) is 26.7 Å². The van der Waals surface area contributed by atoms with Crippen LogP contribution in [-0.4, -0.2) is 26.3 Å². The second-order valence-electron chi connectivity index (χ2n) is 3.24. The van der Waals surface area contributed by atoms with Crippen LogP contribution in [-0.2, 0) is 4.74 Å². The third-order valence-corrected chi connectivity index (χ3v) is 2.09. The fraction of sp³-hybridized carbons (Fsp3) is 0.800. The zero-order valence-corrected chi connectivity index (χ0v) is 8.68. The second kappa shape index (κ2) is 6.21. The normalized spacial score (nSPS) is 15.7. The second-order valence-corrected chi connectivity index (χ2v) is 3.24. The molecule has 0 amide bonds. The summed E-state index contributed by atoms with van der Waals surface area (Å²) in [6.45, 7) is 8.08. The van der Waals surface area contributed by atoms with Crippen LogP contribution in [0.3, 0.4) is 0 Å². The Morgan fingerprint density at radius 2 is 2.17 bits per heavy atom. The molecule has 0 saturated carbocycles. The van der Waals surface area contributed by atoms with E-state index in [4.69, 9.17) is 4.74 Å². The third-order valence-electron chi connectivity index (χ3n) is 2.09. The Morgan fingerprint density at radius 1 is 1.58 bits per heavy atom. The average molecular weight is 171 g/mol. The minimum atomic E-state index is 0.298. The predicted octanol–water partition coefficient (Wildman–Crippen LogP) is 1.97. The number of likely N-dealkylation sites (N-methyl/N-ethyl adjacent to an activating group) is 1. The molecule has 2 unspecified atom stereocenters. The first-order valence-electron chi connectivity index (χ1n) is 4.50. The van der Waals surface area contributed by atoms with Crippen molar-refractivity contribution in [3.8, 4) is 0 Å². The lowest BCUT2D eigenvalue weighted by Crippen LogP contribution is -2.38. The van der Waals surface area contributed by atoms with Crippen LogP contribution in [0.15, 0.2) is 12.2 Å². The van der Waals surface area contributed by atoms with Gasteiger partial charge >= 0.3 is 0 Å². The molecule has 0 fully saturated rings. The molecule has 0 bridgehead atoms. The van der Waals surface area contributed by atoms with E-state index in [9.17, 15) is 0 Å². The van der Waals surface area contributed by atoms with Crippen molar-refractivity contribution in [2.75, 3.05) is 14.2 Å². The third kappa shape index (κ3) is 3.88. The maximum Gasteiger partial charge on any atom is 0.0724 e. The Morgan fingerprint density at radius 3 is 2.42 bits per heavy atom. The van der Waals surface area contributed by atoms with Crippen LogP contribution < -0.4 is 5.32 Å². The highest BCUT2D eigenvalue weighted by atomic mass is 16.5. The summed E-state index contributed by atoms with van der Waals surface area (Å²) < 4.78 is 5.35. The van der Waals surface area contributed by atoms with Gasteiger partial charge in [0, 0.05) is 13.2 Å². The molecule has 0 radical (unpaired) electrons. The summed E-state index contributed by atoms with van der Waals surface area (Å²) in [6.07, 6.45) is 2.32. The zero-order chi connectivity index (χ0) is 9.56. The van der Waals surface area contributed by atoms with Crippen molar-refractivity contribution in [2.45, 2.75) is 38.8 Å². The van der Waals surface area contributed by atoms with Gasteiger partial charge in [0.05, 0.1) is 6.10 Å². The van der Waals surface area contributed by atoms with E-state index in [-0.39, 0.29) is 0 Å². The van der Waals surface area contributed by atoms with E-state index in [1.165, 1.54) is 5.57 Å². The van der Waals surface area contributed by atoms with Crippen molar-refractivity contribution in [3.63, 3.8) is 0 Å². The summed E-state index contributed by atoms with van der Waals surface area (Å²) in [5.41, 5.74) is 1.20. The molecular weight excluding hydrogens is 150 g/mol. The molecule has 2 heteroatoms. The van der Waals surface area contributed by atoms with E-state index in [0.717, 1.165) is 12.8 Å². The predicted molar refractivity (Wildman–Crippen MR) is 53.4 cm³/mol. The highest BCUT2D eigenvalue weighted by Gasteiger charge is 2.16. The lowest BCUT2D eigenvalue weighted by atomic mass is 10.0. The molecule has 0 aliphatic heterocycles. The van der Waals surface area contributed by atoms with Gasteiger partial charge < -0.3 is 10.1 Å². The molecule has 2 atom stereocenters. The first-order valence-corrected chi connectivity index (χ1v) is 4.50. The molecule has 1 N–H and O–H groups in total. The van der Waals surface area contributed by atoms with Gasteiger partial charge in [-0.1, -0.05) is 12.5 Å². The smallest absolute Gasteiger partial charge is 0.0724 e. The maximum atomic E-state index is 5.35. The van der Waals surface area contributed by atoms with Crippen LogP contribution in [0, 0.1) is 0 Å². The SMILES string of the molecule is C=C(C)CC(NC)C(CC)OC. The van der Waals surface area contributed by atoms with Crippen molar-refractivity contribution in [1.29, 1.82) is 0 Å². The van der Waals surface area contributed by atoms with Gasteiger partial charge in [0.25, 0.3) is 0 Å². The van der Waals surface area contributed by atoms with E-state index in [1.807, 2.05) is 14.0 Å². The highest BCUT2D eigenvalue weighted by molar-refractivity contribution is 4.94. The summed E-state index contributed by atoms with van der Waals surface area (Å²) in [5, 5.41) is 3.25. The largest absolute Gasteiger partial charge is 0.380 e. The van der Waals surface area contributed by atoms with Crippen LogP contribution in [0.4, 0.5) is 0 Å². The minimum Gasteiger partial charge on any atom is -0.380 e. The molecule has 0 rings (SSSR count). The van der Waals surface area contributed by atoms with E-state index < -0.39 is 0 Å². The van der Waals surface area contributed by atoms with Crippen LogP contribution in [0.2, 0.25) is 0 Å². The molecule has 0 saturated heterocycles. The van der Waals surface area contributed by atoms with Crippen molar-refractivity contribution < 1.29 is 4.74 Å². The van der Waals surface area contributed by atoms with Gasteiger partial charge in [0.15, 0.2) is 0 Å². The number of ether oxygens (including phenoxy) is 1. The van der Waals surface area contributed by atoms with Crippen LogP contribution in [0.25, 0.3) is 0 Å². The van der Waals surface area contributed by atoms with Gasteiger partial charge in [-0.3, -0.25) is 0 Å². The zero-order valence-electron chi connectivity index (χ0n) is 8.68. The number of nitrogens with one attached hydrogen (secondary N) is 1. The molecule has 0 aliphatic carbocycles. The summed E-state index contributed by atoms with van der Waals surface area (Å²) >= 11 is 0. The van der Waals surface area contributed by atoms with Gasteiger partial charge in [-0.2, -0.15) is 0 Å². The summed E-state index contributed by atoms with van der Waals surface area (Å²) in [6, 6.07) is 0.400. The first-order chi connectivity index (χ1) is 5.65. The summed E-state index contributed by atoms with van der Waals surface area (Å²) in [5.74, 6) is 0. The van der Waals surface area contributed by atoms with E-state index >= 15 is 0 Å².